The van der Waals surface area contributed by atoms with Gasteiger partial charge in [-0.15, -0.1) is 0 Å². The normalized spacial score (nSPS) is 23.2. The van der Waals surface area contributed by atoms with Gasteiger partial charge in [-0.05, 0) is 37.8 Å². The fourth-order valence-corrected chi connectivity index (χ4v) is 3.20. The molecule has 3 nitrogen and oxygen atoms in total. The van der Waals surface area contributed by atoms with Crippen molar-refractivity contribution >= 4 is 0 Å². The second kappa shape index (κ2) is 6.88. The van der Waals surface area contributed by atoms with Crippen LogP contribution in [0.5, 0.6) is 0 Å². The van der Waals surface area contributed by atoms with Crippen LogP contribution >= 0.6 is 0 Å². The monoisotopic (exact) mass is 358 g/mol. The van der Waals surface area contributed by atoms with Crippen molar-refractivity contribution in [2.45, 2.75) is 66.0 Å². The molecule has 0 N–H and O–H groups in total. The van der Waals surface area contributed by atoms with Crippen LogP contribution in [0.4, 0.5) is 13.2 Å². The molecule has 0 radical (unpaired) electrons. The molecule has 2 atom stereocenters. The molecule has 1 aromatic heterocycles. The third kappa shape index (κ3) is 5.17. The largest absolute Gasteiger partial charge is 0.433 e. The molecule has 142 valence electrons. The smallest absolute Gasteiger partial charge is 0.372 e. The number of alkyl halides is 3. The van der Waals surface area contributed by atoms with Crippen LogP contribution in [0.25, 0.3) is 0 Å². The van der Waals surface area contributed by atoms with Crippen molar-refractivity contribution in [1.29, 1.82) is 0 Å². The Hall–Kier alpha value is -1.14. The number of rotatable bonds is 3. The maximum absolute atomic E-state index is 12.6. The maximum atomic E-state index is 12.6. The summed E-state index contributed by atoms with van der Waals surface area (Å²) in [6, 6.07) is 2.45. The standard InChI is InChI=1S/C19H29F3N2O/c1-17(2,3)14-10-24(18(4,5)6)11-15(14)25-12-13-7-8-16(23-9-13)19(20,21)22/h7-9,14-15H,10-12H2,1-6H3/t14?,15-/m0/s1. The topological polar surface area (TPSA) is 25.4 Å². The molecule has 0 aromatic carbocycles. The number of pyridine rings is 1. The summed E-state index contributed by atoms with van der Waals surface area (Å²) >= 11 is 0. The second-order valence-electron chi connectivity index (χ2n) is 8.95. The lowest BCUT2D eigenvalue weighted by atomic mass is 9.79. The first-order chi connectivity index (χ1) is 11.3. The highest BCUT2D eigenvalue weighted by Crippen LogP contribution is 2.38. The van der Waals surface area contributed by atoms with Gasteiger partial charge < -0.3 is 4.74 Å². The molecule has 0 saturated carbocycles. The van der Waals surface area contributed by atoms with E-state index in [9.17, 15) is 13.2 Å². The van der Waals surface area contributed by atoms with E-state index in [0.717, 1.165) is 19.2 Å². The lowest BCUT2D eigenvalue weighted by molar-refractivity contribution is -0.141. The number of ether oxygens (including phenoxy) is 1. The fourth-order valence-electron chi connectivity index (χ4n) is 3.20. The van der Waals surface area contributed by atoms with Gasteiger partial charge in [0, 0.05) is 30.7 Å². The molecule has 1 aliphatic heterocycles. The number of nitrogens with zero attached hydrogens (tertiary/aromatic N) is 2. The van der Waals surface area contributed by atoms with Crippen LogP contribution < -0.4 is 0 Å². The van der Waals surface area contributed by atoms with Crippen molar-refractivity contribution in [1.82, 2.24) is 9.88 Å². The second-order valence-corrected chi connectivity index (χ2v) is 8.95. The van der Waals surface area contributed by atoms with Gasteiger partial charge in [0.15, 0.2) is 0 Å². The van der Waals surface area contributed by atoms with Gasteiger partial charge >= 0.3 is 6.18 Å². The highest BCUT2D eigenvalue weighted by molar-refractivity contribution is 5.15. The zero-order chi connectivity index (χ0) is 19.0. The molecule has 1 unspecified atom stereocenters. The predicted octanol–water partition coefficient (Wildman–Crippen LogP) is 4.76. The number of halogens is 3. The van der Waals surface area contributed by atoms with Crippen LogP contribution in [0.15, 0.2) is 18.3 Å². The van der Waals surface area contributed by atoms with Crippen LogP contribution in [0.1, 0.15) is 52.8 Å². The van der Waals surface area contributed by atoms with Crippen molar-refractivity contribution < 1.29 is 17.9 Å². The SMILES string of the molecule is CC(C)(C)C1CN(C(C)(C)C)C[C@@H]1OCc1ccc(C(F)(F)F)nc1. The van der Waals surface area contributed by atoms with Gasteiger partial charge in [0.1, 0.15) is 5.69 Å². The summed E-state index contributed by atoms with van der Waals surface area (Å²) in [7, 11) is 0. The van der Waals surface area contributed by atoms with Crippen LogP contribution in [0.3, 0.4) is 0 Å². The Morgan fingerprint density at radius 1 is 1.08 bits per heavy atom. The van der Waals surface area contributed by atoms with Crippen LogP contribution in [-0.4, -0.2) is 34.6 Å². The van der Waals surface area contributed by atoms with E-state index in [-0.39, 0.29) is 23.7 Å². The molecular formula is C19H29F3N2O. The van der Waals surface area contributed by atoms with Crippen molar-refractivity contribution in [3.8, 4) is 0 Å². The summed E-state index contributed by atoms with van der Waals surface area (Å²) in [5.41, 5.74) is -0.0425. The molecule has 1 aromatic rings. The number of likely N-dealkylation sites (tertiary alicyclic amines) is 1. The zero-order valence-electron chi connectivity index (χ0n) is 15.9. The van der Waals surface area contributed by atoms with E-state index >= 15 is 0 Å². The summed E-state index contributed by atoms with van der Waals surface area (Å²) in [6.45, 7) is 15.3. The zero-order valence-corrected chi connectivity index (χ0v) is 15.9. The molecule has 1 fully saturated rings. The number of aromatic nitrogens is 1. The Kier molecular flexibility index (Phi) is 5.55. The number of hydrogen-bond acceptors (Lipinski definition) is 3. The van der Waals surface area contributed by atoms with Crippen molar-refractivity contribution in [3.63, 3.8) is 0 Å². The Morgan fingerprint density at radius 3 is 2.16 bits per heavy atom. The Balaban J connectivity index is 2.05. The highest BCUT2D eigenvalue weighted by Gasteiger charge is 2.43. The van der Waals surface area contributed by atoms with Gasteiger partial charge in [0.2, 0.25) is 0 Å². The minimum Gasteiger partial charge on any atom is -0.372 e. The Morgan fingerprint density at radius 2 is 1.72 bits per heavy atom. The lowest BCUT2D eigenvalue weighted by Crippen LogP contribution is -2.40. The quantitative estimate of drug-likeness (QED) is 0.779. The van der Waals surface area contributed by atoms with E-state index in [1.54, 1.807) is 0 Å². The van der Waals surface area contributed by atoms with E-state index in [0.29, 0.717) is 11.5 Å². The molecular weight excluding hydrogens is 329 g/mol. The minimum absolute atomic E-state index is 0.0570. The molecule has 6 heteroatoms. The Bertz CT molecular complexity index is 570. The number of hydrogen-bond donors (Lipinski definition) is 0. The lowest BCUT2D eigenvalue weighted by Gasteiger charge is -2.33. The average molecular weight is 358 g/mol. The highest BCUT2D eigenvalue weighted by atomic mass is 19.4. The maximum Gasteiger partial charge on any atom is 0.433 e. The molecule has 0 aliphatic carbocycles. The van der Waals surface area contributed by atoms with Crippen molar-refractivity contribution in [2.75, 3.05) is 13.1 Å². The van der Waals surface area contributed by atoms with E-state index in [1.165, 1.54) is 12.3 Å². The third-order valence-electron chi connectivity index (χ3n) is 4.91. The van der Waals surface area contributed by atoms with Crippen molar-refractivity contribution in [3.05, 3.63) is 29.6 Å². The summed E-state index contributed by atoms with van der Waals surface area (Å²) in [6.07, 6.45) is -3.10. The predicted molar refractivity (Wildman–Crippen MR) is 92.1 cm³/mol. The van der Waals surface area contributed by atoms with E-state index in [2.05, 4.69) is 51.4 Å². The minimum atomic E-state index is -4.41. The molecule has 1 aliphatic rings. The van der Waals surface area contributed by atoms with Gasteiger partial charge in [-0.25, -0.2) is 0 Å². The first-order valence-electron chi connectivity index (χ1n) is 8.67. The fraction of sp³-hybridized carbons (Fsp3) is 0.737. The van der Waals surface area contributed by atoms with Crippen molar-refractivity contribution in [2.24, 2.45) is 11.3 Å². The first-order valence-corrected chi connectivity index (χ1v) is 8.67. The summed E-state index contributed by atoms with van der Waals surface area (Å²) in [5, 5.41) is 0. The molecule has 25 heavy (non-hydrogen) atoms. The van der Waals surface area contributed by atoms with Gasteiger partial charge in [-0.1, -0.05) is 26.8 Å². The van der Waals surface area contributed by atoms with Crippen LogP contribution in [0, 0.1) is 11.3 Å². The van der Waals surface area contributed by atoms with Gasteiger partial charge in [-0.3, -0.25) is 9.88 Å². The summed E-state index contributed by atoms with van der Waals surface area (Å²) in [4.78, 5) is 5.92. The molecule has 0 amide bonds. The van der Waals surface area contributed by atoms with Gasteiger partial charge in [0.25, 0.3) is 0 Å². The van der Waals surface area contributed by atoms with Crippen LogP contribution in [0.2, 0.25) is 0 Å². The average Bonchev–Trinajstić information content (AvgIpc) is 2.89. The third-order valence-corrected chi connectivity index (χ3v) is 4.91. The molecule has 0 bridgehead atoms. The van der Waals surface area contributed by atoms with Crippen LogP contribution in [-0.2, 0) is 17.5 Å². The molecule has 0 spiro atoms. The van der Waals surface area contributed by atoms with E-state index in [1.807, 2.05) is 0 Å². The van der Waals surface area contributed by atoms with E-state index in [4.69, 9.17) is 4.74 Å². The Labute approximate surface area is 148 Å². The first kappa shape index (κ1) is 20.2. The molecule has 2 rings (SSSR count). The summed E-state index contributed by atoms with van der Waals surface area (Å²) < 4.78 is 43.9. The molecule has 1 saturated heterocycles. The van der Waals surface area contributed by atoms with Gasteiger partial charge in [0.05, 0.1) is 12.7 Å². The van der Waals surface area contributed by atoms with E-state index < -0.39 is 11.9 Å². The molecule has 2 heterocycles. The summed E-state index contributed by atoms with van der Waals surface area (Å²) in [5.74, 6) is 0.370. The van der Waals surface area contributed by atoms with Gasteiger partial charge in [-0.2, -0.15) is 13.2 Å².